The van der Waals surface area contributed by atoms with E-state index in [-0.39, 0.29) is 5.83 Å². The Balaban J connectivity index is 2.30. The van der Waals surface area contributed by atoms with Crippen molar-refractivity contribution in [3.05, 3.63) is 29.1 Å². The number of allylic oxidation sites excluding steroid dienone is 1. The van der Waals surface area contributed by atoms with Crippen molar-refractivity contribution in [2.45, 2.75) is 19.8 Å². The number of aryl methyl sites for hydroxylation is 1. The van der Waals surface area contributed by atoms with Gasteiger partial charge in [-0.15, -0.1) is 0 Å². The van der Waals surface area contributed by atoms with E-state index in [1.54, 1.807) is 13.0 Å². The van der Waals surface area contributed by atoms with Gasteiger partial charge in [-0.25, -0.2) is 9.18 Å². The lowest BCUT2D eigenvalue weighted by Crippen LogP contribution is -2.04. The van der Waals surface area contributed by atoms with E-state index in [0.29, 0.717) is 24.4 Å². The Morgan fingerprint density at radius 3 is 3.13 bits per heavy atom. The second-order valence-electron chi connectivity index (χ2n) is 3.39. The van der Waals surface area contributed by atoms with Gasteiger partial charge in [0.05, 0.1) is 12.3 Å². The van der Waals surface area contributed by atoms with E-state index in [1.165, 1.54) is 6.08 Å². The van der Waals surface area contributed by atoms with Crippen molar-refractivity contribution in [3.63, 3.8) is 0 Å². The van der Waals surface area contributed by atoms with Crippen LogP contribution >= 0.6 is 0 Å². The molecule has 0 amide bonds. The van der Waals surface area contributed by atoms with Crippen molar-refractivity contribution < 1.29 is 13.9 Å². The third kappa shape index (κ3) is 1.79. The van der Waals surface area contributed by atoms with Crippen LogP contribution in [0.2, 0.25) is 0 Å². The lowest BCUT2D eigenvalue weighted by atomic mass is 10.0. The Hall–Kier alpha value is -1.58. The topological polar surface area (TPSA) is 42.1 Å². The largest absolute Gasteiger partial charge is 0.461 e. The third-order valence-electron chi connectivity index (χ3n) is 2.37. The molecule has 1 N–H and O–H groups in total. The number of carbonyl (C=O) groups is 1. The first-order valence-corrected chi connectivity index (χ1v) is 4.97. The molecule has 15 heavy (non-hydrogen) atoms. The first-order valence-electron chi connectivity index (χ1n) is 4.97. The molecule has 0 saturated carbocycles. The molecule has 2 rings (SSSR count). The Morgan fingerprint density at radius 1 is 1.67 bits per heavy atom. The van der Waals surface area contributed by atoms with Gasteiger partial charge in [0.1, 0.15) is 11.5 Å². The minimum atomic E-state index is -0.431. The molecule has 1 aromatic rings. The van der Waals surface area contributed by atoms with Crippen molar-refractivity contribution in [2.75, 3.05) is 6.61 Å². The summed E-state index contributed by atoms with van der Waals surface area (Å²) in [4.78, 5) is 14.1. The van der Waals surface area contributed by atoms with Crippen LogP contribution in [0.4, 0.5) is 4.39 Å². The average Bonchev–Trinajstić information content (AvgIpc) is 2.63. The first kappa shape index (κ1) is 9.96. The van der Waals surface area contributed by atoms with Crippen LogP contribution in [0.3, 0.4) is 0 Å². The molecule has 0 fully saturated rings. The maximum Gasteiger partial charge on any atom is 0.354 e. The number of carbonyl (C=O) groups excluding carboxylic acids is 1. The molecule has 0 aromatic carbocycles. The summed E-state index contributed by atoms with van der Waals surface area (Å²) in [6.45, 7) is 2.06. The minimum Gasteiger partial charge on any atom is -0.461 e. The number of esters is 1. The van der Waals surface area contributed by atoms with E-state index in [9.17, 15) is 9.18 Å². The fourth-order valence-electron chi connectivity index (χ4n) is 1.68. The zero-order valence-electron chi connectivity index (χ0n) is 8.47. The van der Waals surface area contributed by atoms with Crippen LogP contribution in [0.5, 0.6) is 0 Å². The van der Waals surface area contributed by atoms with E-state index in [1.807, 2.05) is 0 Å². The molecule has 1 heterocycles. The second-order valence-corrected chi connectivity index (χ2v) is 3.39. The second kappa shape index (κ2) is 3.88. The van der Waals surface area contributed by atoms with Gasteiger partial charge in [-0.05, 0) is 37.5 Å². The lowest BCUT2D eigenvalue weighted by Gasteiger charge is -2.05. The van der Waals surface area contributed by atoms with Crippen LogP contribution in [0.1, 0.15) is 35.1 Å². The fraction of sp³-hybridized carbons (Fsp3) is 0.364. The summed E-state index contributed by atoms with van der Waals surface area (Å²) >= 11 is 0. The van der Waals surface area contributed by atoms with Gasteiger partial charge < -0.3 is 9.72 Å². The molecule has 3 nitrogen and oxygen atoms in total. The Bertz CT molecular complexity index is 420. The highest BCUT2D eigenvalue weighted by Crippen LogP contribution is 2.27. The number of hydrogen-bond acceptors (Lipinski definition) is 2. The molecule has 0 aliphatic heterocycles. The lowest BCUT2D eigenvalue weighted by molar-refractivity contribution is 0.0520. The molecule has 0 saturated heterocycles. The highest BCUT2D eigenvalue weighted by Gasteiger charge is 2.19. The first-order chi connectivity index (χ1) is 7.22. The van der Waals surface area contributed by atoms with Gasteiger partial charge in [-0.1, -0.05) is 0 Å². The van der Waals surface area contributed by atoms with E-state index in [2.05, 4.69) is 4.98 Å². The third-order valence-corrected chi connectivity index (χ3v) is 2.37. The molecule has 4 heteroatoms. The van der Waals surface area contributed by atoms with Gasteiger partial charge in [0.25, 0.3) is 0 Å². The van der Waals surface area contributed by atoms with Crippen molar-refractivity contribution >= 4 is 11.8 Å². The molecule has 0 spiro atoms. The van der Waals surface area contributed by atoms with Crippen molar-refractivity contribution in [3.8, 4) is 0 Å². The minimum absolute atomic E-state index is 0.285. The molecule has 0 radical (unpaired) electrons. The fourth-order valence-corrected chi connectivity index (χ4v) is 1.68. The zero-order valence-corrected chi connectivity index (χ0v) is 8.47. The molecular formula is C11H12FNO2. The summed E-state index contributed by atoms with van der Waals surface area (Å²) in [5.74, 6) is -0.716. The number of rotatable bonds is 2. The number of ether oxygens (including phenoxy) is 1. The number of fused-ring (bicyclic) bond motifs is 1. The van der Waals surface area contributed by atoms with Crippen LogP contribution in [-0.2, 0) is 11.2 Å². The molecular weight excluding hydrogens is 197 g/mol. The molecule has 0 atom stereocenters. The number of aromatic amines is 1. The van der Waals surface area contributed by atoms with Crippen molar-refractivity contribution in [2.24, 2.45) is 0 Å². The van der Waals surface area contributed by atoms with Crippen molar-refractivity contribution in [1.82, 2.24) is 4.98 Å². The molecule has 1 aliphatic rings. The standard InChI is InChI=1S/C11H12FNO2/c1-2-15-11(14)9-6-7-4-3-5-8(12)10(7)13-9/h5-6,13H,2-4H2,1H3. The Labute approximate surface area is 86.9 Å². The van der Waals surface area contributed by atoms with Gasteiger partial charge >= 0.3 is 5.97 Å². The van der Waals surface area contributed by atoms with Crippen LogP contribution < -0.4 is 0 Å². The molecule has 1 aliphatic carbocycles. The highest BCUT2D eigenvalue weighted by molar-refractivity contribution is 5.88. The molecule has 80 valence electrons. The number of aromatic nitrogens is 1. The predicted molar refractivity (Wildman–Crippen MR) is 54.2 cm³/mol. The van der Waals surface area contributed by atoms with E-state index >= 15 is 0 Å². The van der Waals surface area contributed by atoms with Crippen LogP contribution in [0, 0.1) is 0 Å². The van der Waals surface area contributed by atoms with E-state index < -0.39 is 5.97 Å². The van der Waals surface area contributed by atoms with Gasteiger partial charge in [0, 0.05) is 0 Å². The van der Waals surface area contributed by atoms with Crippen LogP contribution in [0.15, 0.2) is 12.1 Å². The summed E-state index contributed by atoms with van der Waals surface area (Å²) in [6, 6.07) is 1.67. The molecule has 0 unspecified atom stereocenters. The highest BCUT2D eigenvalue weighted by atomic mass is 19.1. The summed E-state index contributed by atoms with van der Waals surface area (Å²) in [5.41, 5.74) is 1.59. The van der Waals surface area contributed by atoms with E-state index in [0.717, 1.165) is 12.0 Å². The molecule has 0 bridgehead atoms. The monoisotopic (exact) mass is 209 g/mol. The Morgan fingerprint density at radius 2 is 2.47 bits per heavy atom. The maximum absolute atomic E-state index is 13.3. The van der Waals surface area contributed by atoms with Gasteiger partial charge in [-0.3, -0.25) is 0 Å². The van der Waals surface area contributed by atoms with Gasteiger partial charge in [0.2, 0.25) is 0 Å². The summed E-state index contributed by atoms with van der Waals surface area (Å²) in [5, 5.41) is 0. The predicted octanol–water partition coefficient (Wildman–Crippen LogP) is 2.45. The molecule has 1 aromatic heterocycles. The van der Waals surface area contributed by atoms with E-state index in [4.69, 9.17) is 4.74 Å². The quantitative estimate of drug-likeness (QED) is 0.760. The normalized spacial score (nSPS) is 14.4. The average molecular weight is 209 g/mol. The Kier molecular flexibility index (Phi) is 2.58. The summed E-state index contributed by atoms with van der Waals surface area (Å²) in [6.07, 6.45) is 2.96. The SMILES string of the molecule is CCOC(=O)c1cc2c([nH]1)C(F)=CCC2. The number of nitrogens with one attached hydrogen (secondary N) is 1. The zero-order chi connectivity index (χ0) is 10.8. The van der Waals surface area contributed by atoms with Crippen LogP contribution in [0.25, 0.3) is 5.83 Å². The summed E-state index contributed by atoms with van der Waals surface area (Å²) < 4.78 is 18.1. The number of hydrogen-bond donors (Lipinski definition) is 1. The van der Waals surface area contributed by atoms with Crippen molar-refractivity contribution in [1.29, 1.82) is 0 Å². The smallest absolute Gasteiger partial charge is 0.354 e. The summed E-state index contributed by atoms with van der Waals surface area (Å²) in [7, 11) is 0. The van der Waals surface area contributed by atoms with Gasteiger partial charge in [-0.2, -0.15) is 0 Å². The number of halogens is 1. The maximum atomic E-state index is 13.3. The van der Waals surface area contributed by atoms with Crippen LogP contribution in [-0.4, -0.2) is 17.6 Å². The number of H-pyrrole nitrogens is 1. The van der Waals surface area contributed by atoms with Gasteiger partial charge in [0.15, 0.2) is 0 Å².